The number of hydrogen-bond acceptors (Lipinski definition) is 2. The number of para-hydroxylation sites is 1. The number of halogens is 1. The largest absolute Gasteiger partial charge is 0.490 e. The van der Waals surface area contributed by atoms with Crippen LogP contribution in [-0.4, -0.2) is 13.2 Å². The molecule has 0 aliphatic rings. The van der Waals surface area contributed by atoms with E-state index in [1.54, 1.807) is 12.1 Å². The maximum atomic E-state index is 12.6. The fourth-order valence-corrected chi connectivity index (χ4v) is 1.37. The third-order valence-electron chi connectivity index (χ3n) is 2.18. The molecule has 0 aliphatic heterocycles. The fourth-order valence-electron chi connectivity index (χ4n) is 1.37. The number of rotatable bonds is 5. The predicted octanol–water partition coefficient (Wildman–Crippen LogP) is 3.28. The summed E-state index contributed by atoms with van der Waals surface area (Å²) in [6, 6.07) is 15.5. The first-order valence-corrected chi connectivity index (χ1v) is 5.41. The molecule has 2 aromatic rings. The van der Waals surface area contributed by atoms with Gasteiger partial charge in [0.15, 0.2) is 0 Å². The summed E-state index contributed by atoms with van der Waals surface area (Å²) in [6.45, 7) is 0.891. The smallest absolute Gasteiger partial charge is 0.123 e. The van der Waals surface area contributed by atoms with Crippen molar-refractivity contribution in [3.05, 3.63) is 60.4 Å². The molecule has 88 valence electrons. The highest BCUT2D eigenvalue weighted by atomic mass is 19.1. The minimum absolute atomic E-state index is 0.266. The van der Waals surface area contributed by atoms with Crippen LogP contribution < -0.4 is 9.47 Å². The molecule has 2 aromatic carbocycles. The van der Waals surface area contributed by atoms with E-state index in [9.17, 15) is 4.39 Å². The first kappa shape index (κ1) is 11.5. The molecular weight excluding hydrogens is 219 g/mol. The Balaban J connectivity index is 1.71. The molecule has 3 heteroatoms. The minimum Gasteiger partial charge on any atom is -0.490 e. The summed E-state index contributed by atoms with van der Waals surface area (Å²) in [7, 11) is 0. The van der Waals surface area contributed by atoms with E-state index in [-0.39, 0.29) is 5.82 Å². The van der Waals surface area contributed by atoms with E-state index in [1.807, 2.05) is 30.3 Å². The Morgan fingerprint density at radius 1 is 0.706 bits per heavy atom. The number of ether oxygens (including phenoxy) is 2. The lowest BCUT2D eigenvalue weighted by molar-refractivity contribution is 0.217. The normalized spacial score (nSPS) is 9.94. The van der Waals surface area contributed by atoms with Gasteiger partial charge in [-0.3, -0.25) is 0 Å². The van der Waals surface area contributed by atoms with E-state index >= 15 is 0 Å². The molecular formula is C14H13FO2. The second kappa shape index (κ2) is 5.89. The standard InChI is InChI=1S/C14H13FO2/c15-12-6-8-14(9-7-12)17-11-10-16-13-4-2-1-3-5-13/h1-9H,10-11H2. The molecule has 0 bridgehead atoms. The molecule has 0 N–H and O–H groups in total. The SMILES string of the molecule is Fc1ccc(OCCOc2ccccc2)cc1. The van der Waals surface area contributed by atoms with E-state index < -0.39 is 0 Å². The zero-order valence-electron chi connectivity index (χ0n) is 9.30. The Bertz CT molecular complexity index is 440. The van der Waals surface area contributed by atoms with Gasteiger partial charge in [-0.25, -0.2) is 4.39 Å². The van der Waals surface area contributed by atoms with Crippen LogP contribution in [0.15, 0.2) is 54.6 Å². The molecule has 0 heterocycles. The Hall–Kier alpha value is -2.03. The highest BCUT2D eigenvalue weighted by molar-refractivity contribution is 5.22. The fraction of sp³-hybridized carbons (Fsp3) is 0.143. The first-order chi connectivity index (χ1) is 8.34. The zero-order valence-corrected chi connectivity index (χ0v) is 9.30. The highest BCUT2D eigenvalue weighted by Crippen LogP contribution is 2.11. The van der Waals surface area contributed by atoms with Crippen molar-refractivity contribution in [1.82, 2.24) is 0 Å². The monoisotopic (exact) mass is 232 g/mol. The Morgan fingerprint density at radius 3 is 1.82 bits per heavy atom. The second-order valence-corrected chi connectivity index (χ2v) is 3.46. The van der Waals surface area contributed by atoms with Gasteiger partial charge in [0.25, 0.3) is 0 Å². The third-order valence-corrected chi connectivity index (χ3v) is 2.18. The van der Waals surface area contributed by atoms with E-state index in [0.29, 0.717) is 19.0 Å². The van der Waals surface area contributed by atoms with Crippen molar-refractivity contribution in [3.63, 3.8) is 0 Å². The van der Waals surface area contributed by atoms with Crippen LogP contribution in [0.4, 0.5) is 4.39 Å². The molecule has 0 aliphatic carbocycles. The molecule has 2 nitrogen and oxygen atoms in total. The van der Waals surface area contributed by atoms with Crippen LogP contribution >= 0.6 is 0 Å². The van der Waals surface area contributed by atoms with E-state index in [2.05, 4.69) is 0 Å². The van der Waals surface area contributed by atoms with Crippen molar-refractivity contribution in [1.29, 1.82) is 0 Å². The molecule has 0 saturated heterocycles. The molecule has 0 spiro atoms. The van der Waals surface area contributed by atoms with Gasteiger partial charge in [0.1, 0.15) is 30.5 Å². The quantitative estimate of drug-likeness (QED) is 0.736. The summed E-state index contributed by atoms with van der Waals surface area (Å²) < 4.78 is 23.5. The summed E-state index contributed by atoms with van der Waals surface area (Å²) in [5.74, 6) is 1.19. The van der Waals surface area contributed by atoms with Crippen molar-refractivity contribution < 1.29 is 13.9 Å². The molecule has 0 atom stereocenters. The van der Waals surface area contributed by atoms with Gasteiger partial charge in [0.05, 0.1) is 0 Å². The van der Waals surface area contributed by atoms with Crippen LogP contribution in [0.2, 0.25) is 0 Å². The third kappa shape index (κ3) is 3.79. The lowest BCUT2D eigenvalue weighted by Crippen LogP contribution is -2.08. The number of benzene rings is 2. The van der Waals surface area contributed by atoms with Crippen LogP contribution in [0.25, 0.3) is 0 Å². The highest BCUT2D eigenvalue weighted by Gasteiger charge is 1.95. The van der Waals surface area contributed by atoms with Crippen LogP contribution in [0.1, 0.15) is 0 Å². The van der Waals surface area contributed by atoms with Crippen LogP contribution in [-0.2, 0) is 0 Å². The van der Waals surface area contributed by atoms with Crippen molar-refractivity contribution >= 4 is 0 Å². The van der Waals surface area contributed by atoms with Crippen molar-refractivity contribution in [3.8, 4) is 11.5 Å². The molecule has 0 fully saturated rings. The molecule has 0 unspecified atom stereocenters. The summed E-state index contributed by atoms with van der Waals surface area (Å²) in [4.78, 5) is 0. The van der Waals surface area contributed by atoms with Gasteiger partial charge < -0.3 is 9.47 Å². The van der Waals surface area contributed by atoms with Gasteiger partial charge in [-0.05, 0) is 36.4 Å². The van der Waals surface area contributed by atoms with Crippen molar-refractivity contribution in [2.24, 2.45) is 0 Å². The Labute approximate surface area is 99.6 Å². The lowest BCUT2D eigenvalue weighted by atomic mass is 10.3. The minimum atomic E-state index is -0.266. The van der Waals surface area contributed by atoms with Gasteiger partial charge in [-0.1, -0.05) is 18.2 Å². The Morgan fingerprint density at radius 2 is 1.24 bits per heavy atom. The van der Waals surface area contributed by atoms with Crippen molar-refractivity contribution in [2.75, 3.05) is 13.2 Å². The molecule has 0 aromatic heterocycles. The average Bonchev–Trinajstić information content (AvgIpc) is 2.38. The topological polar surface area (TPSA) is 18.5 Å². The predicted molar refractivity (Wildman–Crippen MR) is 63.8 cm³/mol. The van der Waals surface area contributed by atoms with Gasteiger partial charge in [0.2, 0.25) is 0 Å². The van der Waals surface area contributed by atoms with Crippen LogP contribution in [0.5, 0.6) is 11.5 Å². The molecule has 0 saturated carbocycles. The van der Waals surface area contributed by atoms with E-state index in [4.69, 9.17) is 9.47 Å². The second-order valence-electron chi connectivity index (χ2n) is 3.46. The first-order valence-electron chi connectivity index (χ1n) is 5.41. The van der Waals surface area contributed by atoms with Gasteiger partial charge in [-0.15, -0.1) is 0 Å². The van der Waals surface area contributed by atoms with Crippen LogP contribution in [0.3, 0.4) is 0 Å². The van der Waals surface area contributed by atoms with Gasteiger partial charge in [0, 0.05) is 0 Å². The summed E-state index contributed by atoms with van der Waals surface area (Å²) >= 11 is 0. The van der Waals surface area contributed by atoms with Crippen LogP contribution in [0, 0.1) is 5.82 Å². The average molecular weight is 232 g/mol. The maximum absolute atomic E-state index is 12.6. The Kier molecular flexibility index (Phi) is 3.97. The molecule has 17 heavy (non-hydrogen) atoms. The lowest BCUT2D eigenvalue weighted by Gasteiger charge is -2.07. The summed E-state index contributed by atoms with van der Waals surface area (Å²) in [6.07, 6.45) is 0. The van der Waals surface area contributed by atoms with Gasteiger partial charge in [-0.2, -0.15) is 0 Å². The summed E-state index contributed by atoms with van der Waals surface area (Å²) in [5, 5.41) is 0. The zero-order chi connectivity index (χ0) is 11.9. The van der Waals surface area contributed by atoms with Crippen molar-refractivity contribution in [2.45, 2.75) is 0 Å². The number of hydrogen-bond donors (Lipinski definition) is 0. The molecule has 2 rings (SSSR count). The maximum Gasteiger partial charge on any atom is 0.123 e. The molecule has 0 amide bonds. The van der Waals surface area contributed by atoms with Gasteiger partial charge >= 0.3 is 0 Å². The summed E-state index contributed by atoms with van der Waals surface area (Å²) in [5.41, 5.74) is 0. The molecule has 0 radical (unpaired) electrons. The van der Waals surface area contributed by atoms with E-state index in [1.165, 1.54) is 12.1 Å². The van der Waals surface area contributed by atoms with E-state index in [0.717, 1.165) is 5.75 Å².